The Hall–Kier alpha value is -1.06. The lowest BCUT2D eigenvalue weighted by Gasteiger charge is -2.30. The molecule has 0 fully saturated rings. The van der Waals surface area contributed by atoms with E-state index in [4.69, 9.17) is 4.74 Å². The summed E-state index contributed by atoms with van der Waals surface area (Å²) < 4.78 is 6.14. The molecule has 0 saturated heterocycles. The van der Waals surface area contributed by atoms with Gasteiger partial charge in [-0.3, -0.25) is 0 Å². The van der Waals surface area contributed by atoms with Crippen molar-refractivity contribution in [3.8, 4) is 5.75 Å². The van der Waals surface area contributed by atoms with Gasteiger partial charge in [-0.2, -0.15) is 0 Å². The molecule has 0 heterocycles. The number of benzene rings is 1. The van der Waals surface area contributed by atoms with E-state index in [1.165, 1.54) is 11.1 Å². The van der Waals surface area contributed by atoms with Crippen LogP contribution in [0.25, 0.3) is 0 Å². The number of rotatable bonds is 7. The second-order valence-electron chi connectivity index (χ2n) is 6.30. The van der Waals surface area contributed by atoms with Crippen molar-refractivity contribution in [2.24, 2.45) is 0 Å². The zero-order chi connectivity index (χ0) is 15.3. The fraction of sp³-hybridized carbons (Fsp3) is 0.647. The molecule has 0 amide bonds. The molecule has 0 aliphatic heterocycles. The van der Waals surface area contributed by atoms with Gasteiger partial charge in [-0.05, 0) is 50.9 Å². The van der Waals surface area contributed by atoms with Crippen LogP contribution < -0.4 is 10.1 Å². The van der Waals surface area contributed by atoms with Crippen LogP contribution in [0.3, 0.4) is 0 Å². The van der Waals surface area contributed by atoms with Gasteiger partial charge in [-0.25, -0.2) is 0 Å². The van der Waals surface area contributed by atoms with E-state index < -0.39 is 0 Å². The molecule has 0 spiro atoms. The van der Waals surface area contributed by atoms with Gasteiger partial charge in [0.05, 0.1) is 12.7 Å². The Labute approximate surface area is 123 Å². The van der Waals surface area contributed by atoms with Crippen molar-refractivity contribution in [1.82, 2.24) is 5.32 Å². The predicted octanol–water partition coefficient (Wildman–Crippen LogP) is 3.25. The second kappa shape index (κ2) is 7.09. The minimum atomic E-state index is -0.304. The quantitative estimate of drug-likeness (QED) is 0.805. The van der Waals surface area contributed by atoms with Crippen molar-refractivity contribution < 1.29 is 9.84 Å². The average molecular weight is 279 g/mol. The molecule has 114 valence electrons. The smallest absolute Gasteiger partial charge is 0.123 e. The van der Waals surface area contributed by atoms with Gasteiger partial charge in [0, 0.05) is 12.0 Å². The maximum atomic E-state index is 9.47. The second-order valence-corrected chi connectivity index (χ2v) is 6.30. The monoisotopic (exact) mass is 279 g/mol. The van der Waals surface area contributed by atoms with E-state index >= 15 is 0 Å². The van der Waals surface area contributed by atoms with Crippen LogP contribution in [0, 0.1) is 6.92 Å². The Morgan fingerprint density at radius 1 is 1.30 bits per heavy atom. The fourth-order valence-electron chi connectivity index (χ4n) is 2.36. The molecule has 0 aromatic heterocycles. The SMILES string of the molecule is CNC(C)(CO)CC(C)Oc1cc(C)ccc1C(C)C. The molecule has 0 aliphatic carbocycles. The van der Waals surface area contributed by atoms with Gasteiger partial charge in [-0.15, -0.1) is 0 Å². The maximum Gasteiger partial charge on any atom is 0.123 e. The third-order valence-corrected chi connectivity index (χ3v) is 3.81. The van der Waals surface area contributed by atoms with Crippen molar-refractivity contribution in [2.75, 3.05) is 13.7 Å². The van der Waals surface area contributed by atoms with E-state index in [-0.39, 0.29) is 18.2 Å². The molecule has 0 saturated carbocycles. The zero-order valence-corrected chi connectivity index (χ0v) is 13.7. The van der Waals surface area contributed by atoms with Gasteiger partial charge in [0.1, 0.15) is 5.75 Å². The number of hydrogen-bond acceptors (Lipinski definition) is 3. The number of nitrogens with one attached hydrogen (secondary N) is 1. The van der Waals surface area contributed by atoms with Crippen molar-refractivity contribution in [1.29, 1.82) is 0 Å². The summed E-state index contributed by atoms with van der Waals surface area (Å²) in [6.07, 6.45) is 0.796. The summed E-state index contributed by atoms with van der Waals surface area (Å²) in [5.41, 5.74) is 2.13. The summed E-state index contributed by atoms with van der Waals surface area (Å²) in [5, 5.41) is 12.6. The topological polar surface area (TPSA) is 41.5 Å². The first-order valence-corrected chi connectivity index (χ1v) is 7.38. The van der Waals surface area contributed by atoms with E-state index in [0.29, 0.717) is 5.92 Å². The lowest BCUT2D eigenvalue weighted by atomic mass is 9.95. The first-order chi connectivity index (χ1) is 9.31. The molecule has 2 N–H and O–H groups in total. The van der Waals surface area contributed by atoms with Crippen LogP contribution >= 0.6 is 0 Å². The van der Waals surface area contributed by atoms with Crippen molar-refractivity contribution >= 4 is 0 Å². The number of ether oxygens (including phenoxy) is 1. The Bertz CT molecular complexity index is 425. The lowest BCUT2D eigenvalue weighted by Crippen LogP contribution is -2.46. The maximum absolute atomic E-state index is 9.47. The molecule has 0 aliphatic rings. The lowest BCUT2D eigenvalue weighted by molar-refractivity contribution is 0.114. The minimum Gasteiger partial charge on any atom is -0.490 e. The number of likely N-dealkylation sites (N-methyl/N-ethyl adjacent to an activating group) is 1. The zero-order valence-electron chi connectivity index (χ0n) is 13.7. The Kier molecular flexibility index (Phi) is 6.03. The molecule has 0 bridgehead atoms. The van der Waals surface area contributed by atoms with Gasteiger partial charge in [0.25, 0.3) is 0 Å². The van der Waals surface area contributed by atoms with Crippen LogP contribution in [0.1, 0.15) is 51.2 Å². The third-order valence-electron chi connectivity index (χ3n) is 3.81. The summed E-state index contributed by atoms with van der Waals surface area (Å²) in [5.74, 6) is 1.40. The fourth-order valence-corrected chi connectivity index (χ4v) is 2.36. The molecule has 1 aromatic carbocycles. The van der Waals surface area contributed by atoms with E-state index in [1.807, 2.05) is 14.0 Å². The molecular formula is C17H29NO2. The molecule has 20 heavy (non-hydrogen) atoms. The van der Waals surface area contributed by atoms with Gasteiger partial charge in [0.15, 0.2) is 0 Å². The van der Waals surface area contributed by atoms with Crippen LogP contribution in [0.2, 0.25) is 0 Å². The van der Waals surface area contributed by atoms with Crippen LogP contribution in [0.15, 0.2) is 18.2 Å². The van der Waals surface area contributed by atoms with E-state index in [2.05, 4.69) is 51.2 Å². The molecule has 1 aromatic rings. The molecular weight excluding hydrogens is 250 g/mol. The van der Waals surface area contributed by atoms with Crippen molar-refractivity contribution in [3.05, 3.63) is 29.3 Å². The van der Waals surface area contributed by atoms with Crippen molar-refractivity contribution in [3.63, 3.8) is 0 Å². The Morgan fingerprint density at radius 3 is 2.45 bits per heavy atom. The first kappa shape index (κ1) is 17.0. The van der Waals surface area contributed by atoms with E-state index in [0.717, 1.165) is 12.2 Å². The molecule has 0 radical (unpaired) electrons. The molecule has 3 heteroatoms. The highest BCUT2D eigenvalue weighted by Crippen LogP contribution is 2.29. The molecule has 1 rings (SSSR count). The number of aliphatic hydroxyl groups excluding tert-OH is 1. The third kappa shape index (κ3) is 4.50. The highest BCUT2D eigenvalue weighted by atomic mass is 16.5. The number of hydrogen-bond donors (Lipinski definition) is 2. The number of aliphatic hydroxyl groups is 1. The summed E-state index contributed by atoms with van der Waals surface area (Å²) in [6, 6.07) is 6.37. The van der Waals surface area contributed by atoms with Crippen LogP contribution in [0.5, 0.6) is 5.75 Å². The average Bonchev–Trinajstić information content (AvgIpc) is 2.38. The molecule has 3 nitrogen and oxygen atoms in total. The highest BCUT2D eigenvalue weighted by molar-refractivity contribution is 5.39. The summed E-state index contributed by atoms with van der Waals surface area (Å²) in [4.78, 5) is 0. The van der Waals surface area contributed by atoms with E-state index in [1.54, 1.807) is 0 Å². The molecule has 2 atom stereocenters. The number of aryl methyl sites for hydroxylation is 1. The standard InChI is InChI=1S/C17H29NO2/c1-12(2)15-8-7-13(3)9-16(15)20-14(4)10-17(5,11-19)18-6/h7-9,12,14,18-19H,10-11H2,1-6H3. The highest BCUT2D eigenvalue weighted by Gasteiger charge is 2.25. The Balaban J connectivity index is 2.84. The van der Waals surface area contributed by atoms with Gasteiger partial charge in [-0.1, -0.05) is 26.0 Å². The van der Waals surface area contributed by atoms with Crippen LogP contribution in [-0.4, -0.2) is 30.4 Å². The minimum absolute atomic E-state index is 0.0406. The van der Waals surface area contributed by atoms with Gasteiger partial charge < -0.3 is 15.2 Å². The normalized spacial score (nSPS) is 16.0. The summed E-state index contributed by atoms with van der Waals surface area (Å²) in [7, 11) is 1.87. The summed E-state index contributed by atoms with van der Waals surface area (Å²) >= 11 is 0. The first-order valence-electron chi connectivity index (χ1n) is 7.38. The Morgan fingerprint density at radius 2 is 1.95 bits per heavy atom. The van der Waals surface area contributed by atoms with Gasteiger partial charge >= 0.3 is 0 Å². The van der Waals surface area contributed by atoms with Gasteiger partial charge in [0.2, 0.25) is 0 Å². The predicted molar refractivity (Wildman–Crippen MR) is 84.5 cm³/mol. The van der Waals surface area contributed by atoms with E-state index in [9.17, 15) is 5.11 Å². The summed E-state index contributed by atoms with van der Waals surface area (Å²) in [6.45, 7) is 10.6. The largest absolute Gasteiger partial charge is 0.490 e. The molecule has 2 unspecified atom stereocenters. The van der Waals surface area contributed by atoms with Crippen molar-refractivity contribution in [2.45, 2.75) is 58.6 Å². The van der Waals surface area contributed by atoms with Crippen LogP contribution in [-0.2, 0) is 0 Å². The van der Waals surface area contributed by atoms with Crippen LogP contribution in [0.4, 0.5) is 0 Å².